The van der Waals surface area contributed by atoms with Crippen LogP contribution in [-0.4, -0.2) is 34.5 Å². The number of carbonyl (C=O) groups is 1. The molecule has 34 heavy (non-hydrogen) atoms. The van der Waals surface area contributed by atoms with Gasteiger partial charge in [0.05, 0.1) is 23.2 Å². The molecule has 4 aromatic rings. The summed E-state index contributed by atoms with van der Waals surface area (Å²) in [5.41, 5.74) is 2.51. The first-order chi connectivity index (χ1) is 16.3. The molecule has 0 radical (unpaired) electrons. The highest BCUT2D eigenvalue weighted by Crippen LogP contribution is 2.22. The number of aromatic nitrogens is 3. The average Bonchev–Trinajstić information content (AvgIpc) is 3.26. The van der Waals surface area contributed by atoms with E-state index >= 15 is 0 Å². The number of rotatable bonds is 9. The number of anilines is 1. The lowest BCUT2D eigenvalue weighted by Crippen LogP contribution is -2.14. The number of carboxylic acids is 1. The van der Waals surface area contributed by atoms with Gasteiger partial charge in [0, 0.05) is 5.69 Å². The lowest BCUT2D eigenvalue weighted by molar-refractivity contribution is 0.0696. The fourth-order valence-corrected chi connectivity index (χ4v) is 4.33. The standard InChI is InChI=1S/C24H22N4O5S/c1-17-7-12-22(13-23(17)24(29)30)34(31,32)26-19-8-10-21(11-9-19)33-16-20-15-28(27-25-20)14-18-5-3-2-4-6-18/h2-13,15,26H,14,16H2,1H3,(H,29,30). The number of sulfonamides is 1. The van der Waals surface area contributed by atoms with Crippen molar-refractivity contribution in [3.63, 3.8) is 0 Å². The number of hydrogen-bond donors (Lipinski definition) is 2. The molecule has 0 unspecified atom stereocenters. The largest absolute Gasteiger partial charge is 0.487 e. The first kappa shape index (κ1) is 23.0. The zero-order valence-corrected chi connectivity index (χ0v) is 19.1. The van der Waals surface area contributed by atoms with E-state index in [9.17, 15) is 18.3 Å². The summed E-state index contributed by atoms with van der Waals surface area (Å²) in [7, 11) is -3.95. The molecule has 0 aliphatic rings. The first-order valence-electron chi connectivity index (χ1n) is 10.3. The van der Waals surface area contributed by atoms with Gasteiger partial charge in [0.15, 0.2) is 0 Å². The summed E-state index contributed by atoms with van der Waals surface area (Å²) in [4.78, 5) is 11.2. The normalized spacial score (nSPS) is 11.2. The highest BCUT2D eigenvalue weighted by molar-refractivity contribution is 7.92. The van der Waals surface area contributed by atoms with Crippen molar-refractivity contribution in [1.82, 2.24) is 15.0 Å². The molecule has 1 heterocycles. The zero-order chi connectivity index (χ0) is 24.1. The van der Waals surface area contributed by atoms with E-state index in [-0.39, 0.29) is 17.1 Å². The first-order valence-corrected chi connectivity index (χ1v) is 11.8. The predicted molar refractivity (Wildman–Crippen MR) is 125 cm³/mol. The Kier molecular flexibility index (Phi) is 6.60. The van der Waals surface area contributed by atoms with E-state index in [4.69, 9.17) is 4.74 Å². The van der Waals surface area contributed by atoms with E-state index in [1.165, 1.54) is 12.1 Å². The van der Waals surface area contributed by atoms with Crippen molar-refractivity contribution in [1.29, 1.82) is 0 Å². The molecule has 174 valence electrons. The van der Waals surface area contributed by atoms with Gasteiger partial charge in [0.1, 0.15) is 18.1 Å². The van der Waals surface area contributed by atoms with Crippen LogP contribution in [0.3, 0.4) is 0 Å². The fraction of sp³-hybridized carbons (Fsp3) is 0.125. The molecule has 0 atom stereocenters. The molecule has 0 fully saturated rings. The third kappa shape index (κ3) is 5.59. The Morgan fingerprint density at radius 3 is 2.50 bits per heavy atom. The summed E-state index contributed by atoms with van der Waals surface area (Å²) in [5, 5.41) is 17.4. The van der Waals surface area contributed by atoms with Crippen LogP contribution >= 0.6 is 0 Å². The van der Waals surface area contributed by atoms with Crippen LogP contribution < -0.4 is 9.46 Å². The molecule has 0 aliphatic heterocycles. The van der Waals surface area contributed by atoms with Gasteiger partial charge in [-0.3, -0.25) is 4.72 Å². The van der Waals surface area contributed by atoms with Crippen LogP contribution in [0.1, 0.15) is 27.2 Å². The highest BCUT2D eigenvalue weighted by atomic mass is 32.2. The lowest BCUT2D eigenvalue weighted by atomic mass is 10.1. The smallest absolute Gasteiger partial charge is 0.335 e. The summed E-state index contributed by atoms with van der Waals surface area (Å²) in [6, 6.07) is 20.3. The van der Waals surface area contributed by atoms with E-state index in [0.29, 0.717) is 29.2 Å². The summed E-state index contributed by atoms with van der Waals surface area (Å²) in [5.74, 6) is -0.653. The monoisotopic (exact) mass is 478 g/mol. The third-order valence-electron chi connectivity index (χ3n) is 5.02. The molecular weight excluding hydrogens is 456 g/mol. The van der Waals surface area contributed by atoms with E-state index < -0.39 is 16.0 Å². The maximum Gasteiger partial charge on any atom is 0.335 e. The van der Waals surface area contributed by atoms with Gasteiger partial charge in [-0.25, -0.2) is 17.9 Å². The number of aryl methyl sites for hydroxylation is 1. The number of nitrogens with zero attached hydrogens (tertiary/aromatic N) is 3. The van der Waals surface area contributed by atoms with Crippen molar-refractivity contribution in [2.75, 3.05) is 4.72 Å². The topological polar surface area (TPSA) is 123 Å². The van der Waals surface area contributed by atoms with Gasteiger partial charge in [-0.15, -0.1) is 5.10 Å². The Hall–Kier alpha value is -4.18. The molecule has 0 spiro atoms. The maximum atomic E-state index is 12.7. The molecule has 0 amide bonds. The highest BCUT2D eigenvalue weighted by Gasteiger charge is 2.18. The van der Waals surface area contributed by atoms with E-state index in [2.05, 4.69) is 15.0 Å². The van der Waals surface area contributed by atoms with Crippen molar-refractivity contribution in [2.24, 2.45) is 0 Å². The van der Waals surface area contributed by atoms with Gasteiger partial charge in [-0.1, -0.05) is 41.6 Å². The quantitative estimate of drug-likeness (QED) is 0.376. The SMILES string of the molecule is Cc1ccc(S(=O)(=O)Nc2ccc(OCc3cn(Cc4ccccc4)nn3)cc2)cc1C(=O)O. The number of ether oxygens (including phenoxy) is 1. The van der Waals surface area contributed by atoms with E-state index in [1.54, 1.807) is 35.9 Å². The van der Waals surface area contributed by atoms with Gasteiger partial charge >= 0.3 is 5.97 Å². The number of hydrogen-bond acceptors (Lipinski definition) is 6. The number of carboxylic acid groups (broad SMARTS) is 1. The van der Waals surface area contributed by atoms with Crippen molar-refractivity contribution in [3.05, 3.63) is 101 Å². The molecule has 0 saturated carbocycles. The second kappa shape index (κ2) is 9.75. The van der Waals surface area contributed by atoms with Crippen LogP contribution in [0.25, 0.3) is 0 Å². The minimum absolute atomic E-state index is 0.0627. The summed E-state index contributed by atoms with van der Waals surface area (Å²) < 4.78 is 35.2. The molecule has 2 N–H and O–H groups in total. The summed E-state index contributed by atoms with van der Waals surface area (Å²) >= 11 is 0. The van der Waals surface area contributed by atoms with Gasteiger partial charge < -0.3 is 9.84 Å². The van der Waals surface area contributed by atoms with Gasteiger partial charge in [0.25, 0.3) is 10.0 Å². The van der Waals surface area contributed by atoms with Crippen LogP contribution in [0, 0.1) is 6.92 Å². The fourth-order valence-electron chi connectivity index (χ4n) is 3.24. The van der Waals surface area contributed by atoms with Crippen molar-refractivity contribution in [3.8, 4) is 5.75 Å². The summed E-state index contributed by atoms with van der Waals surface area (Å²) in [6.45, 7) is 2.43. The third-order valence-corrected chi connectivity index (χ3v) is 6.40. The van der Waals surface area contributed by atoms with Crippen LogP contribution in [0.2, 0.25) is 0 Å². The van der Waals surface area contributed by atoms with Crippen LogP contribution in [0.5, 0.6) is 5.75 Å². The lowest BCUT2D eigenvalue weighted by Gasteiger charge is -2.11. The van der Waals surface area contributed by atoms with Crippen molar-refractivity contribution < 1.29 is 23.1 Å². The molecule has 10 heteroatoms. The Morgan fingerprint density at radius 1 is 1.06 bits per heavy atom. The summed E-state index contributed by atoms with van der Waals surface area (Å²) in [6.07, 6.45) is 1.81. The van der Waals surface area contributed by atoms with Crippen molar-refractivity contribution in [2.45, 2.75) is 25.0 Å². The minimum Gasteiger partial charge on any atom is -0.487 e. The molecule has 0 bridgehead atoms. The van der Waals surface area contributed by atoms with Crippen LogP contribution in [-0.2, 0) is 23.2 Å². The van der Waals surface area contributed by atoms with E-state index in [0.717, 1.165) is 11.6 Å². The Morgan fingerprint density at radius 2 is 1.79 bits per heavy atom. The Balaban J connectivity index is 1.36. The molecule has 3 aromatic carbocycles. The molecule has 0 aliphatic carbocycles. The number of aromatic carboxylic acids is 1. The molecular formula is C24H22N4O5S. The predicted octanol–water partition coefficient (Wildman–Crippen LogP) is 3.71. The van der Waals surface area contributed by atoms with E-state index in [1.807, 2.05) is 36.5 Å². The van der Waals surface area contributed by atoms with Gasteiger partial charge in [-0.2, -0.15) is 0 Å². The molecule has 1 aromatic heterocycles. The van der Waals surface area contributed by atoms with Gasteiger partial charge in [-0.05, 0) is 54.4 Å². The molecule has 9 nitrogen and oxygen atoms in total. The van der Waals surface area contributed by atoms with Crippen LogP contribution in [0.4, 0.5) is 5.69 Å². The Bertz CT molecular complexity index is 1400. The number of benzene rings is 3. The minimum atomic E-state index is -3.95. The second-order valence-electron chi connectivity index (χ2n) is 7.59. The average molecular weight is 479 g/mol. The number of nitrogens with one attached hydrogen (secondary N) is 1. The van der Waals surface area contributed by atoms with Gasteiger partial charge in [0.2, 0.25) is 0 Å². The van der Waals surface area contributed by atoms with Crippen molar-refractivity contribution >= 4 is 21.7 Å². The zero-order valence-electron chi connectivity index (χ0n) is 18.2. The molecule has 0 saturated heterocycles. The molecule has 4 rings (SSSR count). The second-order valence-corrected chi connectivity index (χ2v) is 9.28. The Labute approximate surface area is 196 Å². The maximum absolute atomic E-state index is 12.7. The van der Waals surface area contributed by atoms with Crippen LogP contribution in [0.15, 0.2) is 83.9 Å².